The number of nitrogens with zero attached hydrogens (tertiary/aromatic N) is 1. The van der Waals surface area contributed by atoms with Crippen molar-refractivity contribution in [2.24, 2.45) is 0 Å². The standard InChI is InChI=1S/C30H29N3O7S/c34-27(31-25(29(36)37)17-20-5-2-1-3-6-20)7-4-15-40-24-11-8-21(9-12-24)18-28(35)33(30(38)32-39)23-10-13-26-22(19-23)14-16-41-26/h1-3,5-6,8-14,16,19,25,39H,4,7,15,17-18H2,(H,31,34)(H,32,38)(H,36,37). The van der Waals surface area contributed by atoms with Gasteiger partial charge in [-0.15, -0.1) is 11.3 Å². The van der Waals surface area contributed by atoms with Crippen LogP contribution in [0.4, 0.5) is 10.5 Å². The largest absolute Gasteiger partial charge is 0.494 e. The lowest BCUT2D eigenvalue weighted by molar-refractivity contribution is -0.141. The molecule has 1 heterocycles. The Kier molecular flexibility index (Phi) is 10.0. The van der Waals surface area contributed by atoms with Crippen molar-refractivity contribution in [1.29, 1.82) is 0 Å². The second-order valence-corrected chi connectivity index (χ2v) is 10.2. The minimum Gasteiger partial charge on any atom is -0.494 e. The number of anilines is 1. The number of hydrogen-bond donors (Lipinski definition) is 4. The van der Waals surface area contributed by atoms with Gasteiger partial charge in [0.2, 0.25) is 11.8 Å². The van der Waals surface area contributed by atoms with Crippen LogP contribution in [0.5, 0.6) is 5.75 Å². The smallest absolute Gasteiger partial charge is 0.352 e. The average Bonchev–Trinajstić information content (AvgIpc) is 3.44. The summed E-state index contributed by atoms with van der Waals surface area (Å²) in [6, 6.07) is 20.9. The molecule has 1 unspecified atom stereocenters. The van der Waals surface area contributed by atoms with Gasteiger partial charge in [0.05, 0.1) is 18.7 Å². The summed E-state index contributed by atoms with van der Waals surface area (Å²) < 4.78 is 6.69. The number of fused-ring (bicyclic) bond motifs is 1. The first kappa shape index (κ1) is 29.2. The number of imide groups is 1. The molecule has 4 rings (SSSR count). The van der Waals surface area contributed by atoms with E-state index in [2.05, 4.69) is 5.32 Å². The highest BCUT2D eigenvalue weighted by Crippen LogP contribution is 2.27. The van der Waals surface area contributed by atoms with E-state index < -0.39 is 23.9 Å². The molecule has 41 heavy (non-hydrogen) atoms. The predicted octanol–water partition coefficient (Wildman–Crippen LogP) is 4.55. The molecule has 0 aliphatic carbocycles. The third-order valence-corrected chi connectivity index (χ3v) is 7.15. The van der Waals surface area contributed by atoms with E-state index in [0.29, 0.717) is 23.4 Å². The highest BCUT2D eigenvalue weighted by Gasteiger charge is 2.24. The highest BCUT2D eigenvalue weighted by atomic mass is 32.1. The number of carboxylic acids is 1. The quantitative estimate of drug-likeness (QED) is 0.110. The number of urea groups is 1. The Bertz CT molecular complexity index is 1510. The average molecular weight is 576 g/mol. The number of thiophene rings is 1. The molecule has 0 saturated carbocycles. The highest BCUT2D eigenvalue weighted by molar-refractivity contribution is 7.17. The van der Waals surface area contributed by atoms with E-state index in [4.69, 9.17) is 4.74 Å². The maximum atomic E-state index is 13.0. The number of rotatable bonds is 12. The van der Waals surface area contributed by atoms with E-state index in [1.807, 2.05) is 47.8 Å². The maximum absolute atomic E-state index is 13.0. The third-order valence-electron chi connectivity index (χ3n) is 6.25. The van der Waals surface area contributed by atoms with E-state index >= 15 is 0 Å². The van der Waals surface area contributed by atoms with Gasteiger partial charge in [-0.05, 0) is 64.7 Å². The molecule has 4 aromatic rings. The van der Waals surface area contributed by atoms with E-state index in [1.54, 1.807) is 36.4 Å². The van der Waals surface area contributed by atoms with Gasteiger partial charge in [0.1, 0.15) is 11.8 Å². The second kappa shape index (κ2) is 14.1. The van der Waals surface area contributed by atoms with Crippen molar-refractivity contribution in [3.8, 4) is 5.75 Å². The minimum atomic E-state index is -1.10. The molecule has 0 fully saturated rings. The molecule has 4 N–H and O–H groups in total. The van der Waals surface area contributed by atoms with E-state index in [-0.39, 0.29) is 31.8 Å². The predicted molar refractivity (Wildman–Crippen MR) is 154 cm³/mol. The zero-order valence-corrected chi connectivity index (χ0v) is 22.8. The summed E-state index contributed by atoms with van der Waals surface area (Å²) in [6.07, 6.45) is 0.581. The molecule has 4 amide bonds. The Hall–Kier alpha value is -4.74. The monoisotopic (exact) mass is 575 g/mol. The molecule has 0 spiro atoms. The number of hydroxylamine groups is 1. The van der Waals surface area contributed by atoms with E-state index in [9.17, 15) is 29.5 Å². The van der Waals surface area contributed by atoms with Crippen LogP contribution < -0.4 is 20.4 Å². The van der Waals surface area contributed by atoms with Crippen molar-refractivity contribution in [3.63, 3.8) is 0 Å². The first-order valence-electron chi connectivity index (χ1n) is 12.9. The molecule has 1 atom stereocenters. The van der Waals surface area contributed by atoms with Gasteiger partial charge >= 0.3 is 12.0 Å². The third kappa shape index (κ3) is 8.13. The van der Waals surface area contributed by atoms with Crippen LogP contribution >= 0.6 is 11.3 Å². The van der Waals surface area contributed by atoms with Gasteiger partial charge in [-0.1, -0.05) is 42.5 Å². The van der Waals surface area contributed by atoms with Crippen molar-refractivity contribution in [2.75, 3.05) is 11.5 Å². The Labute approximate surface area is 240 Å². The molecule has 1 aromatic heterocycles. The van der Waals surface area contributed by atoms with E-state index in [1.165, 1.54) is 16.8 Å². The first-order valence-corrected chi connectivity index (χ1v) is 13.7. The number of ether oxygens (including phenoxy) is 1. The molecule has 0 radical (unpaired) electrons. The van der Waals surface area contributed by atoms with Crippen LogP contribution in [0.15, 0.2) is 84.2 Å². The lowest BCUT2D eigenvalue weighted by Gasteiger charge is -2.20. The number of carbonyl (C=O) groups is 4. The number of aliphatic carboxylic acids is 1. The molecule has 0 aliphatic rings. The zero-order chi connectivity index (χ0) is 29.2. The van der Waals surface area contributed by atoms with Gasteiger partial charge in [0.15, 0.2) is 0 Å². The van der Waals surface area contributed by atoms with Gasteiger partial charge < -0.3 is 15.2 Å². The van der Waals surface area contributed by atoms with Crippen LogP contribution in [-0.4, -0.2) is 46.8 Å². The molecule has 3 aromatic carbocycles. The minimum absolute atomic E-state index is 0.0940. The van der Waals surface area contributed by atoms with Gasteiger partial charge in [0, 0.05) is 17.5 Å². The van der Waals surface area contributed by atoms with Crippen molar-refractivity contribution >= 4 is 50.9 Å². The fraction of sp³-hybridized carbons (Fsp3) is 0.200. The van der Waals surface area contributed by atoms with Crippen molar-refractivity contribution in [1.82, 2.24) is 10.8 Å². The van der Waals surface area contributed by atoms with Crippen LogP contribution in [-0.2, 0) is 27.2 Å². The number of nitrogens with one attached hydrogen (secondary N) is 2. The number of carboxylic acid groups (broad SMARTS) is 1. The molecule has 0 aliphatic heterocycles. The van der Waals surface area contributed by atoms with Crippen LogP contribution in [0.2, 0.25) is 0 Å². The summed E-state index contributed by atoms with van der Waals surface area (Å²) in [7, 11) is 0. The summed E-state index contributed by atoms with van der Waals surface area (Å²) in [5.74, 6) is -1.47. The van der Waals surface area contributed by atoms with Gasteiger partial charge in [-0.3, -0.25) is 14.8 Å². The summed E-state index contributed by atoms with van der Waals surface area (Å²) in [4.78, 5) is 50.0. The fourth-order valence-corrected chi connectivity index (χ4v) is 4.98. The summed E-state index contributed by atoms with van der Waals surface area (Å²) >= 11 is 1.54. The van der Waals surface area contributed by atoms with Gasteiger partial charge in [0.25, 0.3) is 0 Å². The molecule has 0 saturated heterocycles. The van der Waals surface area contributed by atoms with E-state index in [0.717, 1.165) is 20.5 Å². The number of carbonyl (C=O) groups excluding carboxylic acids is 3. The molecule has 0 bridgehead atoms. The lowest BCUT2D eigenvalue weighted by Crippen LogP contribution is -2.43. The molecular formula is C30H29N3O7S. The second-order valence-electron chi connectivity index (χ2n) is 9.21. The molecule has 11 heteroatoms. The van der Waals surface area contributed by atoms with Gasteiger partial charge in [-0.2, -0.15) is 0 Å². The van der Waals surface area contributed by atoms with Crippen LogP contribution in [0, 0.1) is 0 Å². The Balaban J connectivity index is 1.25. The topological polar surface area (TPSA) is 145 Å². The Morgan fingerprint density at radius 3 is 2.39 bits per heavy atom. The zero-order valence-electron chi connectivity index (χ0n) is 22.0. The number of benzene rings is 3. The molecule has 10 nitrogen and oxygen atoms in total. The number of hydrogen-bond acceptors (Lipinski definition) is 7. The van der Waals surface area contributed by atoms with Crippen LogP contribution in [0.25, 0.3) is 10.1 Å². The van der Waals surface area contributed by atoms with Crippen LogP contribution in [0.1, 0.15) is 24.0 Å². The Morgan fingerprint density at radius 1 is 0.927 bits per heavy atom. The SMILES string of the molecule is O=C(CCCOc1ccc(CC(=O)N(C(=O)NO)c2ccc3sccc3c2)cc1)NC(Cc1ccccc1)C(=O)O. The Morgan fingerprint density at radius 2 is 1.68 bits per heavy atom. The fourth-order valence-electron chi connectivity index (χ4n) is 4.21. The summed E-state index contributed by atoms with van der Waals surface area (Å²) in [5, 5.41) is 24.0. The summed E-state index contributed by atoms with van der Waals surface area (Å²) in [6.45, 7) is 0.234. The van der Waals surface area contributed by atoms with Crippen molar-refractivity contribution in [3.05, 3.63) is 95.4 Å². The first-order chi connectivity index (χ1) is 19.8. The number of amides is 4. The maximum Gasteiger partial charge on any atom is 0.352 e. The molecular weight excluding hydrogens is 546 g/mol. The van der Waals surface area contributed by atoms with Crippen molar-refractivity contribution in [2.45, 2.75) is 31.7 Å². The van der Waals surface area contributed by atoms with Gasteiger partial charge in [-0.25, -0.2) is 20.0 Å². The normalized spacial score (nSPS) is 11.4. The lowest BCUT2D eigenvalue weighted by atomic mass is 10.1. The van der Waals surface area contributed by atoms with Crippen molar-refractivity contribution < 1.29 is 34.2 Å². The summed E-state index contributed by atoms with van der Waals surface area (Å²) in [5.41, 5.74) is 3.32. The van der Waals surface area contributed by atoms with Crippen LogP contribution in [0.3, 0.4) is 0 Å². The molecule has 212 valence electrons.